The molecule has 0 aromatic heterocycles. The van der Waals surface area contributed by atoms with Gasteiger partial charge in [0.2, 0.25) is 0 Å². The summed E-state index contributed by atoms with van der Waals surface area (Å²) in [7, 11) is 0. The quantitative estimate of drug-likeness (QED) is 0.351. The fourth-order valence-corrected chi connectivity index (χ4v) is 2.41. The van der Waals surface area contributed by atoms with Crippen molar-refractivity contribution in [2.24, 2.45) is 15.6 Å². The van der Waals surface area contributed by atoms with E-state index in [0.717, 1.165) is 0 Å². The number of benzene rings is 2. The molecule has 0 atom stereocenters. The van der Waals surface area contributed by atoms with Crippen molar-refractivity contribution in [3.63, 3.8) is 0 Å². The van der Waals surface area contributed by atoms with Crippen molar-refractivity contribution in [1.29, 1.82) is 0 Å². The number of nitro groups is 2. The number of non-ortho nitro benzene ring substituents is 2. The first-order valence-corrected chi connectivity index (χ1v) is 9.62. The van der Waals surface area contributed by atoms with Crippen LogP contribution in [-0.2, 0) is 0 Å². The van der Waals surface area contributed by atoms with Crippen molar-refractivity contribution >= 4 is 34.6 Å². The summed E-state index contributed by atoms with van der Waals surface area (Å²) < 4.78 is 0. The third-order valence-electron chi connectivity index (χ3n) is 5.14. The van der Waals surface area contributed by atoms with Gasteiger partial charge in [-0.25, -0.2) is 10.9 Å². The predicted octanol–water partition coefficient (Wildman–Crippen LogP) is 3.44. The van der Waals surface area contributed by atoms with Gasteiger partial charge in [-0.2, -0.15) is 10.2 Å². The number of nitrogens with zero attached hydrogens (tertiary/aromatic N) is 4. The van der Waals surface area contributed by atoms with Gasteiger partial charge in [0.05, 0.1) is 9.85 Å². The molecule has 0 radical (unpaired) electrons. The van der Waals surface area contributed by atoms with Crippen LogP contribution in [0.4, 0.5) is 11.4 Å². The van der Waals surface area contributed by atoms with E-state index in [1.165, 1.54) is 48.5 Å². The highest BCUT2D eigenvalue weighted by Crippen LogP contribution is 2.20. The molecule has 12 nitrogen and oxygen atoms in total. The molecule has 2 rings (SSSR count). The Labute approximate surface area is 188 Å². The molecule has 12 heteroatoms. The standard InChI is InChI=1S/C21H22N6O6/c1-13(22-24-19(28)15-5-9-17(10-6-15)26(30)31)21(3,4)14(2)23-25-20(29)16-7-11-18(12-8-16)27(32)33/h5-12H,1-4H3,(H,24,28)(H,25,29)/b22-13+,23-14+. The van der Waals surface area contributed by atoms with Gasteiger partial charge < -0.3 is 0 Å². The molecule has 172 valence electrons. The van der Waals surface area contributed by atoms with E-state index in [0.29, 0.717) is 11.4 Å². The maximum Gasteiger partial charge on any atom is 0.271 e. The Morgan fingerprint density at radius 3 is 1.30 bits per heavy atom. The molecule has 0 saturated carbocycles. The average Bonchev–Trinajstić information content (AvgIpc) is 2.80. The minimum Gasteiger partial charge on any atom is -0.267 e. The molecule has 0 aliphatic heterocycles. The summed E-state index contributed by atoms with van der Waals surface area (Å²) in [4.78, 5) is 44.8. The van der Waals surface area contributed by atoms with Gasteiger partial charge in [-0.15, -0.1) is 0 Å². The lowest BCUT2D eigenvalue weighted by Gasteiger charge is -2.24. The molecule has 2 aromatic rings. The molecular formula is C21H22N6O6. The number of carbonyl (C=O) groups is 2. The van der Waals surface area contributed by atoms with Crippen molar-refractivity contribution < 1.29 is 19.4 Å². The van der Waals surface area contributed by atoms with Crippen molar-refractivity contribution in [2.75, 3.05) is 0 Å². The van der Waals surface area contributed by atoms with Crippen LogP contribution in [0.3, 0.4) is 0 Å². The third-order valence-corrected chi connectivity index (χ3v) is 5.14. The second-order valence-corrected chi connectivity index (χ2v) is 7.51. The molecule has 0 bridgehead atoms. The molecule has 0 aliphatic carbocycles. The first-order valence-electron chi connectivity index (χ1n) is 9.62. The van der Waals surface area contributed by atoms with Gasteiger partial charge in [0.15, 0.2) is 0 Å². The second kappa shape index (κ2) is 10.2. The molecule has 0 saturated heterocycles. The Balaban J connectivity index is 2.04. The molecule has 0 fully saturated rings. The number of carbonyl (C=O) groups excluding carboxylic acids is 2. The lowest BCUT2D eigenvalue weighted by Crippen LogP contribution is -2.34. The first kappa shape index (κ1) is 24.8. The van der Waals surface area contributed by atoms with E-state index >= 15 is 0 Å². The van der Waals surface area contributed by atoms with Gasteiger partial charge >= 0.3 is 0 Å². The number of hydrazone groups is 2. The molecule has 2 N–H and O–H groups in total. The van der Waals surface area contributed by atoms with Crippen molar-refractivity contribution in [1.82, 2.24) is 10.9 Å². The molecule has 0 unspecified atom stereocenters. The molecule has 0 heterocycles. The van der Waals surface area contributed by atoms with Crippen LogP contribution in [0.25, 0.3) is 0 Å². The smallest absolute Gasteiger partial charge is 0.267 e. The highest BCUT2D eigenvalue weighted by molar-refractivity contribution is 6.10. The summed E-state index contributed by atoms with van der Waals surface area (Å²) in [6.45, 7) is 6.93. The number of rotatable bonds is 8. The maximum atomic E-state index is 12.2. The summed E-state index contributed by atoms with van der Waals surface area (Å²) in [5.41, 5.74) is 5.17. The van der Waals surface area contributed by atoms with E-state index in [2.05, 4.69) is 21.1 Å². The molecule has 2 aromatic carbocycles. The Morgan fingerprint density at radius 1 is 0.727 bits per heavy atom. The third kappa shape index (κ3) is 6.26. The van der Waals surface area contributed by atoms with Crippen LogP contribution >= 0.6 is 0 Å². The Kier molecular flexibility index (Phi) is 7.68. The zero-order valence-electron chi connectivity index (χ0n) is 18.4. The van der Waals surface area contributed by atoms with Gasteiger partial charge in [0.25, 0.3) is 23.2 Å². The minimum absolute atomic E-state index is 0.130. The number of nitrogens with one attached hydrogen (secondary N) is 2. The Bertz CT molecular complexity index is 1050. The van der Waals surface area contributed by atoms with Crippen LogP contribution < -0.4 is 10.9 Å². The van der Waals surface area contributed by atoms with Gasteiger partial charge in [0, 0.05) is 52.2 Å². The predicted molar refractivity (Wildman–Crippen MR) is 121 cm³/mol. The average molecular weight is 454 g/mol. The fourth-order valence-electron chi connectivity index (χ4n) is 2.41. The van der Waals surface area contributed by atoms with E-state index in [1.807, 2.05) is 0 Å². The van der Waals surface area contributed by atoms with Crippen LogP contribution in [0, 0.1) is 25.6 Å². The summed E-state index contributed by atoms with van der Waals surface area (Å²) in [5.74, 6) is -1.08. The molecule has 0 aliphatic rings. The van der Waals surface area contributed by atoms with Crippen LogP contribution in [-0.4, -0.2) is 33.1 Å². The van der Waals surface area contributed by atoms with E-state index in [1.54, 1.807) is 27.7 Å². The highest BCUT2D eigenvalue weighted by atomic mass is 16.6. The van der Waals surface area contributed by atoms with Crippen LogP contribution in [0.5, 0.6) is 0 Å². The zero-order valence-corrected chi connectivity index (χ0v) is 18.4. The molecule has 0 spiro atoms. The van der Waals surface area contributed by atoms with Gasteiger partial charge in [-0.05, 0) is 52.0 Å². The van der Waals surface area contributed by atoms with Crippen molar-refractivity contribution in [3.05, 3.63) is 79.9 Å². The SMILES string of the molecule is C/C(=N\NC(=O)c1ccc([N+](=O)[O-])cc1)C(C)(C)/C(C)=N/NC(=O)c1ccc([N+](=O)[O-])cc1. The summed E-state index contributed by atoms with van der Waals surface area (Å²) in [5, 5.41) is 29.6. The lowest BCUT2D eigenvalue weighted by molar-refractivity contribution is -0.385. The maximum absolute atomic E-state index is 12.2. The summed E-state index contributed by atoms with van der Waals surface area (Å²) in [6.07, 6.45) is 0. The summed E-state index contributed by atoms with van der Waals surface area (Å²) >= 11 is 0. The van der Waals surface area contributed by atoms with E-state index < -0.39 is 27.1 Å². The van der Waals surface area contributed by atoms with Crippen LogP contribution in [0.1, 0.15) is 48.4 Å². The Hall–Kier alpha value is -4.48. The van der Waals surface area contributed by atoms with E-state index in [9.17, 15) is 29.8 Å². The number of nitro benzene ring substituents is 2. The van der Waals surface area contributed by atoms with Crippen molar-refractivity contribution in [3.8, 4) is 0 Å². The highest BCUT2D eigenvalue weighted by Gasteiger charge is 2.26. The topological polar surface area (TPSA) is 169 Å². The largest absolute Gasteiger partial charge is 0.271 e. The van der Waals surface area contributed by atoms with Crippen LogP contribution in [0.15, 0.2) is 58.7 Å². The second-order valence-electron chi connectivity index (χ2n) is 7.51. The van der Waals surface area contributed by atoms with Crippen molar-refractivity contribution in [2.45, 2.75) is 27.7 Å². The van der Waals surface area contributed by atoms with Gasteiger partial charge in [-0.3, -0.25) is 29.8 Å². The first-order chi connectivity index (χ1) is 15.4. The monoisotopic (exact) mass is 454 g/mol. The minimum atomic E-state index is -0.745. The number of hydrogen-bond acceptors (Lipinski definition) is 8. The number of hydrogen-bond donors (Lipinski definition) is 2. The van der Waals surface area contributed by atoms with Crippen LogP contribution in [0.2, 0.25) is 0 Å². The van der Waals surface area contributed by atoms with Gasteiger partial charge in [0.1, 0.15) is 0 Å². The van der Waals surface area contributed by atoms with E-state index in [-0.39, 0.29) is 22.5 Å². The van der Waals surface area contributed by atoms with Gasteiger partial charge in [-0.1, -0.05) is 0 Å². The molecule has 2 amide bonds. The van der Waals surface area contributed by atoms with E-state index in [4.69, 9.17) is 0 Å². The molecule has 33 heavy (non-hydrogen) atoms. The fraction of sp³-hybridized carbons (Fsp3) is 0.238. The molecular weight excluding hydrogens is 432 g/mol. The lowest BCUT2D eigenvalue weighted by atomic mass is 9.84. The summed E-state index contributed by atoms with van der Waals surface area (Å²) in [6, 6.07) is 10.2. The Morgan fingerprint density at radius 2 is 1.03 bits per heavy atom. The zero-order chi connectivity index (χ0) is 24.8. The number of amides is 2. The normalized spacial score (nSPS) is 12.1.